The number of hydrogen-bond acceptors (Lipinski definition) is 2. The first-order valence-electron chi connectivity index (χ1n) is 8.72. The number of nitrogens with one attached hydrogen (secondary N) is 1. The minimum absolute atomic E-state index is 1.02. The zero-order valence-corrected chi connectivity index (χ0v) is 15.2. The van der Waals surface area contributed by atoms with E-state index in [-0.39, 0.29) is 0 Å². The molecule has 1 aliphatic rings. The maximum Gasteiger partial charge on any atom is 0.100 e. The summed E-state index contributed by atoms with van der Waals surface area (Å²) in [5.41, 5.74) is 7.15. The van der Waals surface area contributed by atoms with E-state index in [1.807, 2.05) is 13.4 Å². The largest absolute Gasteiger partial charge is 0.388 e. The quantitative estimate of drug-likeness (QED) is 0.665. The van der Waals surface area contributed by atoms with E-state index in [9.17, 15) is 0 Å². The minimum atomic E-state index is 1.02. The fraction of sp³-hybridized carbons (Fsp3) is 0.227. The van der Waals surface area contributed by atoms with Gasteiger partial charge in [-0.3, -0.25) is 4.57 Å². The van der Waals surface area contributed by atoms with Gasteiger partial charge in [-0.15, -0.1) is 0 Å². The van der Waals surface area contributed by atoms with Gasteiger partial charge in [-0.05, 0) is 51.0 Å². The van der Waals surface area contributed by atoms with Gasteiger partial charge < -0.3 is 5.32 Å². The Kier molecular flexibility index (Phi) is 5.34. The highest BCUT2D eigenvalue weighted by Crippen LogP contribution is 2.23. The molecule has 0 aliphatic heterocycles. The highest BCUT2D eigenvalue weighted by atomic mass is 15.1. The number of aromatic nitrogens is 2. The third-order valence-corrected chi connectivity index (χ3v) is 4.31. The van der Waals surface area contributed by atoms with Crippen molar-refractivity contribution in [3.63, 3.8) is 0 Å². The summed E-state index contributed by atoms with van der Waals surface area (Å²) in [5, 5.41) is 3.13. The fourth-order valence-corrected chi connectivity index (χ4v) is 2.79. The number of benzene rings is 2. The molecule has 0 saturated heterocycles. The lowest BCUT2D eigenvalue weighted by atomic mass is 10.1. The molecule has 1 aromatic heterocycles. The summed E-state index contributed by atoms with van der Waals surface area (Å²) in [4.78, 5) is 4.45. The van der Waals surface area contributed by atoms with E-state index in [0.29, 0.717) is 0 Å². The molecule has 0 spiro atoms. The van der Waals surface area contributed by atoms with E-state index in [1.54, 1.807) is 0 Å². The summed E-state index contributed by atoms with van der Waals surface area (Å²) < 4.78 is 2.14. The standard InChI is InChI=1S/C14H15N3.C8H10/c1-15-11-7-8-14-13(9-11)16-10-17(14)12-5-3-2-4-6-12;1-7-3-5-8(2)6-4-7/h3,5-10,15H,2,4H2,1H3;3-6H,1-2H3. The van der Waals surface area contributed by atoms with E-state index in [2.05, 4.69) is 89.4 Å². The van der Waals surface area contributed by atoms with Gasteiger partial charge in [0, 0.05) is 18.4 Å². The Morgan fingerprint density at radius 3 is 2.28 bits per heavy atom. The number of hydrogen-bond donors (Lipinski definition) is 1. The topological polar surface area (TPSA) is 29.9 Å². The van der Waals surface area contributed by atoms with Crippen molar-refractivity contribution in [1.29, 1.82) is 0 Å². The van der Waals surface area contributed by atoms with Crippen molar-refractivity contribution < 1.29 is 0 Å². The molecule has 1 N–H and O–H groups in total. The molecule has 4 rings (SSSR count). The Balaban J connectivity index is 0.000000192. The SMILES string of the molecule is CNc1ccc2c(c1)ncn2C1=CCCC=C1.Cc1ccc(C)cc1. The number of rotatable bonds is 2. The van der Waals surface area contributed by atoms with Gasteiger partial charge in [0.25, 0.3) is 0 Å². The van der Waals surface area contributed by atoms with Crippen molar-refractivity contribution in [2.24, 2.45) is 0 Å². The zero-order valence-electron chi connectivity index (χ0n) is 15.2. The van der Waals surface area contributed by atoms with Crippen LogP contribution in [0.5, 0.6) is 0 Å². The Morgan fingerprint density at radius 2 is 1.68 bits per heavy atom. The predicted molar refractivity (Wildman–Crippen MR) is 108 cm³/mol. The van der Waals surface area contributed by atoms with Crippen LogP contribution in [0.25, 0.3) is 16.7 Å². The van der Waals surface area contributed by atoms with Gasteiger partial charge >= 0.3 is 0 Å². The van der Waals surface area contributed by atoms with Gasteiger partial charge in [0.2, 0.25) is 0 Å². The van der Waals surface area contributed by atoms with E-state index >= 15 is 0 Å². The number of anilines is 1. The molecule has 0 bridgehead atoms. The number of allylic oxidation sites excluding steroid dienone is 4. The van der Waals surface area contributed by atoms with Crippen LogP contribution in [0.1, 0.15) is 24.0 Å². The van der Waals surface area contributed by atoms with Crippen LogP contribution < -0.4 is 5.32 Å². The molecule has 1 heterocycles. The van der Waals surface area contributed by atoms with E-state index < -0.39 is 0 Å². The van der Waals surface area contributed by atoms with Crippen molar-refractivity contribution in [1.82, 2.24) is 9.55 Å². The molecular weight excluding hydrogens is 306 g/mol. The molecule has 128 valence electrons. The Bertz CT molecular complexity index is 878. The molecule has 0 unspecified atom stereocenters. The number of aryl methyl sites for hydroxylation is 2. The first-order chi connectivity index (χ1) is 12.2. The second kappa shape index (κ2) is 7.84. The average molecular weight is 331 g/mol. The fourth-order valence-electron chi connectivity index (χ4n) is 2.79. The smallest absolute Gasteiger partial charge is 0.100 e. The maximum atomic E-state index is 4.45. The third kappa shape index (κ3) is 4.18. The molecule has 3 heteroatoms. The lowest BCUT2D eigenvalue weighted by molar-refractivity contribution is 1.01. The summed E-state index contributed by atoms with van der Waals surface area (Å²) in [7, 11) is 1.92. The molecule has 1 aliphatic carbocycles. The van der Waals surface area contributed by atoms with Crippen LogP contribution in [-0.4, -0.2) is 16.6 Å². The molecule has 3 nitrogen and oxygen atoms in total. The molecular formula is C22H25N3. The van der Waals surface area contributed by atoms with E-state index in [1.165, 1.54) is 16.8 Å². The molecule has 2 aromatic carbocycles. The van der Waals surface area contributed by atoms with Crippen LogP contribution in [0.3, 0.4) is 0 Å². The Hall–Kier alpha value is -2.81. The van der Waals surface area contributed by atoms with Crippen LogP contribution in [0.2, 0.25) is 0 Å². The van der Waals surface area contributed by atoms with Crippen LogP contribution in [0.15, 0.2) is 67.0 Å². The van der Waals surface area contributed by atoms with E-state index in [0.717, 1.165) is 29.6 Å². The van der Waals surface area contributed by atoms with Gasteiger partial charge in [-0.25, -0.2) is 4.98 Å². The van der Waals surface area contributed by atoms with Crippen LogP contribution in [0, 0.1) is 13.8 Å². The van der Waals surface area contributed by atoms with Crippen molar-refractivity contribution in [3.05, 3.63) is 78.1 Å². The van der Waals surface area contributed by atoms with Crippen LogP contribution >= 0.6 is 0 Å². The number of nitrogens with zero attached hydrogens (tertiary/aromatic N) is 2. The second-order valence-electron chi connectivity index (χ2n) is 6.33. The molecule has 0 saturated carbocycles. The highest BCUT2D eigenvalue weighted by Gasteiger charge is 2.06. The monoisotopic (exact) mass is 331 g/mol. The van der Waals surface area contributed by atoms with E-state index in [4.69, 9.17) is 0 Å². The highest BCUT2D eigenvalue weighted by molar-refractivity contribution is 5.83. The van der Waals surface area contributed by atoms with Gasteiger partial charge in [-0.2, -0.15) is 0 Å². The summed E-state index contributed by atoms with van der Waals surface area (Å²) in [6.07, 6.45) is 10.8. The molecule has 0 radical (unpaired) electrons. The van der Waals surface area contributed by atoms with Gasteiger partial charge in [0.05, 0.1) is 11.0 Å². The van der Waals surface area contributed by atoms with Gasteiger partial charge in [0.15, 0.2) is 0 Å². The van der Waals surface area contributed by atoms with Crippen molar-refractivity contribution >= 4 is 22.4 Å². The molecule has 25 heavy (non-hydrogen) atoms. The lowest BCUT2D eigenvalue weighted by Gasteiger charge is -2.09. The molecule has 3 aromatic rings. The lowest BCUT2D eigenvalue weighted by Crippen LogP contribution is -1.95. The predicted octanol–water partition coefficient (Wildman–Crippen LogP) is 5.57. The average Bonchev–Trinajstić information content (AvgIpc) is 3.08. The van der Waals surface area contributed by atoms with Crippen molar-refractivity contribution in [2.45, 2.75) is 26.7 Å². The first kappa shape index (κ1) is 17.0. The minimum Gasteiger partial charge on any atom is -0.388 e. The summed E-state index contributed by atoms with van der Waals surface area (Å²) in [5.74, 6) is 0. The second-order valence-corrected chi connectivity index (χ2v) is 6.33. The summed E-state index contributed by atoms with van der Waals surface area (Å²) in [6.45, 7) is 4.19. The number of imidazole rings is 1. The maximum absolute atomic E-state index is 4.45. The van der Waals surface area contributed by atoms with Gasteiger partial charge in [0.1, 0.15) is 6.33 Å². The normalized spacial score (nSPS) is 13.2. The Morgan fingerprint density at radius 1 is 0.960 bits per heavy atom. The third-order valence-electron chi connectivity index (χ3n) is 4.31. The first-order valence-corrected chi connectivity index (χ1v) is 8.72. The summed E-state index contributed by atoms with van der Waals surface area (Å²) >= 11 is 0. The summed E-state index contributed by atoms with van der Waals surface area (Å²) in [6, 6.07) is 14.7. The number of fused-ring (bicyclic) bond motifs is 1. The van der Waals surface area contributed by atoms with Crippen molar-refractivity contribution in [3.8, 4) is 0 Å². The van der Waals surface area contributed by atoms with Gasteiger partial charge in [-0.1, -0.05) is 47.5 Å². The van der Waals surface area contributed by atoms with Crippen molar-refractivity contribution in [2.75, 3.05) is 12.4 Å². The Labute approximate surface area is 149 Å². The molecule has 0 amide bonds. The van der Waals surface area contributed by atoms with Crippen LogP contribution in [-0.2, 0) is 0 Å². The molecule has 0 fully saturated rings. The van der Waals surface area contributed by atoms with Crippen LogP contribution in [0.4, 0.5) is 5.69 Å². The molecule has 0 atom stereocenters. The zero-order chi connectivity index (χ0) is 17.6.